The third-order valence-corrected chi connectivity index (χ3v) is 15.3. The van der Waals surface area contributed by atoms with Crippen molar-refractivity contribution in [1.82, 2.24) is 4.90 Å². The molecule has 1 unspecified atom stereocenters. The van der Waals surface area contributed by atoms with Crippen LogP contribution in [0.2, 0.25) is 16.6 Å². The molecule has 1 aliphatic rings. The summed E-state index contributed by atoms with van der Waals surface area (Å²) in [5.41, 5.74) is 2.12. The van der Waals surface area contributed by atoms with Crippen LogP contribution in [0.15, 0.2) is 60.7 Å². The molecule has 1 saturated heterocycles. The van der Waals surface area contributed by atoms with E-state index in [2.05, 4.69) is 41.5 Å². The monoisotopic (exact) mass is 677 g/mol. The summed E-state index contributed by atoms with van der Waals surface area (Å²) in [6.45, 7) is 21.0. The Kier molecular flexibility index (Phi) is 12.8. The van der Waals surface area contributed by atoms with Gasteiger partial charge in [0.1, 0.15) is 29.5 Å². The van der Waals surface area contributed by atoms with Gasteiger partial charge in [-0.25, -0.2) is 9.18 Å². The quantitative estimate of drug-likeness (QED) is 0.179. The van der Waals surface area contributed by atoms with Crippen LogP contribution in [0, 0.1) is 5.82 Å². The fraction of sp³-hybridized carbons (Fsp3) is 0.525. The average molecular weight is 678 g/mol. The zero-order valence-electron chi connectivity index (χ0n) is 30.5. The Morgan fingerprint density at radius 2 is 1.67 bits per heavy atom. The summed E-state index contributed by atoms with van der Waals surface area (Å²) in [6.07, 6.45) is 5.91. The van der Waals surface area contributed by atoms with Gasteiger partial charge in [-0.2, -0.15) is 0 Å². The number of hydrogen-bond acceptors (Lipinski definition) is 5. The minimum Gasteiger partial charge on any atom is -0.543 e. The minimum atomic E-state index is -2.25. The van der Waals surface area contributed by atoms with Crippen molar-refractivity contribution >= 4 is 31.3 Å². The van der Waals surface area contributed by atoms with Crippen LogP contribution in [-0.2, 0) is 16.1 Å². The zero-order chi connectivity index (χ0) is 35.1. The van der Waals surface area contributed by atoms with Gasteiger partial charge in [-0.1, -0.05) is 90.1 Å². The summed E-state index contributed by atoms with van der Waals surface area (Å²) in [5.74, 6) is 1.02. The second-order valence-corrected chi connectivity index (χ2v) is 20.3. The molecule has 1 fully saturated rings. The topological polar surface area (TPSA) is 57.2 Å². The first-order chi connectivity index (χ1) is 22.7. The number of fused-ring (bicyclic) bond motifs is 1. The molecule has 0 aliphatic carbocycles. The molecule has 0 spiro atoms. The van der Waals surface area contributed by atoms with Crippen LogP contribution >= 0.6 is 0 Å². The third-order valence-electron chi connectivity index (χ3n) is 9.27. The van der Waals surface area contributed by atoms with E-state index in [9.17, 15) is 4.79 Å². The average Bonchev–Trinajstić information content (AvgIpc) is 3.27. The number of carbonyl (C=O) groups excluding carboxylic acids is 1. The van der Waals surface area contributed by atoms with Crippen LogP contribution in [0.5, 0.6) is 11.5 Å². The van der Waals surface area contributed by atoms with Crippen LogP contribution in [0.25, 0.3) is 16.8 Å². The van der Waals surface area contributed by atoms with Gasteiger partial charge in [-0.05, 0) is 79.7 Å². The summed E-state index contributed by atoms with van der Waals surface area (Å²) in [6, 6.07) is 17.3. The number of ether oxygens (including phenoxy) is 3. The van der Waals surface area contributed by atoms with Crippen molar-refractivity contribution in [1.29, 1.82) is 0 Å². The number of carbonyl (C=O) groups is 1. The van der Waals surface area contributed by atoms with E-state index in [1.54, 1.807) is 17.0 Å². The lowest BCUT2D eigenvalue weighted by atomic mass is 10.0. The Bertz CT molecular complexity index is 1510. The first-order valence-corrected chi connectivity index (χ1v) is 19.7. The van der Waals surface area contributed by atoms with Crippen molar-refractivity contribution in [2.24, 2.45) is 0 Å². The van der Waals surface area contributed by atoms with Gasteiger partial charge in [0.25, 0.3) is 8.32 Å². The fourth-order valence-corrected chi connectivity index (χ4v) is 12.4. The van der Waals surface area contributed by atoms with Crippen molar-refractivity contribution in [3.05, 3.63) is 77.6 Å². The summed E-state index contributed by atoms with van der Waals surface area (Å²) < 4.78 is 41.0. The Labute approximate surface area is 288 Å². The highest BCUT2D eigenvalue weighted by Crippen LogP contribution is 2.45. The van der Waals surface area contributed by atoms with Crippen LogP contribution in [0.3, 0.4) is 0 Å². The second kappa shape index (κ2) is 16.4. The van der Waals surface area contributed by atoms with E-state index in [4.69, 9.17) is 18.6 Å². The van der Waals surface area contributed by atoms with Crippen molar-refractivity contribution in [3.63, 3.8) is 0 Å². The SMILES string of the molecule is CC(C)[Si](Oc1cc(OCc2ccccc2)c2c(/C=C/COC3CCCCN(C(=O)OC(C)(C)C)C3)c(F)ccc2c1)(C(C)C)C(C)C. The number of nitrogens with zero attached hydrogens (tertiary/aromatic N) is 1. The number of rotatable bonds is 12. The molecule has 0 radical (unpaired) electrons. The Balaban J connectivity index is 1.63. The molecule has 6 nitrogen and oxygen atoms in total. The Morgan fingerprint density at radius 1 is 0.979 bits per heavy atom. The molecule has 0 aromatic heterocycles. The number of benzene rings is 3. The van der Waals surface area contributed by atoms with E-state index in [0.29, 0.717) is 53.0 Å². The molecule has 4 rings (SSSR count). The number of halogens is 1. The molecule has 1 aliphatic heterocycles. The lowest BCUT2D eigenvalue weighted by Gasteiger charge is -2.42. The first-order valence-electron chi connectivity index (χ1n) is 17.6. The van der Waals surface area contributed by atoms with E-state index in [0.717, 1.165) is 36.0 Å². The van der Waals surface area contributed by atoms with Gasteiger partial charge in [0.15, 0.2) is 0 Å². The van der Waals surface area contributed by atoms with Gasteiger partial charge in [-0.15, -0.1) is 0 Å². The summed E-state index contributed by atoms with van der Waals surface area (Å²) in [7, 11) is -2.25. The van der Waals surface area contributed by atoms with E-state index < -0.39 is 13.9 Å². The lowest BCUT2D eigenvalue weighted by molar-refractivity contribution is 0.00671. The predicted molar refractivity (Wildman–Crippen MR) is 197 cm³/mol. The molecule has 0 N–H and O–H groups in total. The second-order valence-electron chi connectivity index (χ2n) is 15.0. The van der Waals surface area contributed by atoms with Gasteiger partial charge in [-0.3, -0.25) is 0 Å². The molecular weight excluding hydrogens is 622 g/mol. The van der Waals surface area contributed by atoms with Gasteiger partial charge in [0.05, 0.1) is 19.3 Å². The molecule has 3 aromatic rings. The molecule has 48 heavy (non-hydrogen) atoms. The lowest BCUT2D eigenvalue weighted by Crippen LogP contribution is -2.50. The summed E-state index contributed by atoms with van der Waals surface area (Å²) in [5, 5.41) is 1.56. The van der Waals surface area contributed by atoms with Crippen molar-refractivity contribution in [2.45, 2.75) is 117 Å². The molecule has 1 heterocycles. The molecule has 0 bridgehead atoms. The Hall–Kier alpha value is -3.36. The smallest absolute Gasteiger partial charge is 0.410 e. The fourth-order valence-electron chi connectivity index (χ4n) is 7.12. The summed E-state index contributed by atoms with van der Waals surface area (Å²) >= 11 is 0. The van der Waals surface area contributed by atoms with Crippen LogP contribution in [-0.4, -0.2) is 50.7 Å². The van der Waals surface area contributed by atoms with Gasteiger partial charge >= 0.3 is 6.09 Å². The zero-order valence-corrected chi connectivity index (χ0v) is 31.5. The Morgan fingerprint density at radius 3 is 2.31 bits per heavy atom. The maximum atomic E-state index is 15.6. The molecule has 8 heteroatoms. The molecule has 1 atom stereocenters. The minimum absolute atomic E-state index is 0.126. The van der Waals surface area contributed by atoms with Crippen LogP contribution in [0.1, 0.15) is 92.7 Å². The molecule has 1 amide bonds. The van der Waals surface area contributed by atoms with Gasteiger partial charge in [0.2, 0.25) is 0 Å². The van der Waals surface area contributed by atoms with Crippen LogP contribution < -0.4 is 9.16 Å². The van der Waals surface area contributed by atoms with E-state index in [1.165, 1.54) is 6.07 Å². The molecule has 3 aromatic carbocycles. The van der Waals surface area contributed by atoms with Gasteiger partial charge < -0.3 is 23.5 Å². The highest BCUT2D eigenvalue weighted by molar-refractivity contribution is 6.78. The maximum absolute atomic E-state index is 15.6. The predicted octanol–water partition coefficient (Wildman–Crippen LogP) is 10.9. The number of likely N-dealkylation sites (tertiary alicyclic amines) is 1. The molecule has 262 valence electrons. The number of amides is 1. The first kappa shape index (κ1) is 37.5. The van der Waals surface area contributed by atoms with Crippen LogP contribution in [0.4, 0.5) is 9.18 Å². The molecule has 0 saturated carbocycles. The van der Waals surface area contributed by atoms with E-state index in [-0.39, 0.29) is 24.6 Å². The standard InChI is InChI=1S/C40H56FNO5Si/c1-28(2)48(29(3)4,30(5)6)47-34-24-32-20-21-36(41)35(38(32)37(25-34)45-27-31-16-11-10-12-17-31)19-15-23-44-33-18-13-14-22-42(26-33)39(43)46-40(7,8)9/h10-12,15-17,19-21,24-25,28-30,33H,13-14,18,22-23,26-27H2,1-9H3/b19-15+. The van der Waals surface area contributed by atoms with E-state index >= 15 is 4.39 Å². The molecular formula is C40H56FNO5Si. The highest BCUT2D eigenvalue weighted by Gasteiger charge is 2.47. The third kappa shape index (κ3) is 9.41. The van der Waals surface area contributed by atoms with Crippen molar-refractivity contribution in [3.8, 4) is 11.5 Å². The number of hydrogen-bond donors (Lipinski definition) is 0. The van der Waals surface area contributed by atoms with E-state index in [1.807, 2.05) is 69.3 Å². The van der Waals surface area contributed by atoms with Crippen molar-refractivity contribution < 1.29 is 27.8 Å². The van der Waals surface area contributed by atoms with Crippen molar-refractivity contribution in [2.75, 3.05) is 19.7 Å². The summed E-state index contributed by atoms with van der Waals surface area (Å²) in [4.78, 5) is 14.5. The largest absolute Gasteiger partial charge is 0.543 e. The van der Waals surface area contributed by atoms with Gasteiger partial charge in [0, 0.05) is 23.6 Å². The maximum Gasteiger partial charge on any atom is 0.410 e. The normalized spacial score (nSPS) is 16.3. The highest BCUT2D eigenvalue weighted by atomic mass is 28.4.